The molecular formula is C22H23ClN4O4S. The maximum Gasteiger partial charge on any atom is 0.315 e. The molecule has 2 aromatic rings. The first-order chi connectivity index (χ1) is 15.3. The maximum absolute atomic E-state index is 12.8. The van der Waals surface area contributed by atoms with Gasteiger partial charge in [0.05, 0.1) is 11.4 Å². The number of nitrogens with zero attached hydrogens (tertiary/aromatic N) is 1. The van der Waals surface area contributed by atoms with Crippen LogP contribution in [0.25, 0.3) is 0 Å². The molecule has 1 fully saturated rings. The number of carbonyl (C=O) groups excluding carboxylic acids is 4. The molecule has 32 heavy (non-hydrogen) atoms. The highest BCUT2D eigenvalue weighted by Crippen LogP contribution is 2.33. The van der Waals surface area contributed by atoms with Gasteiger partial charge >= 0.3 is 6.03 Å². The van der Waals surface area contributed by atoms with Gasteiger partial charge < -0.3 is 15.5 Å². The van der Waals surface area contributed by atoms with Gasteiger partial charge in [-0.25, -0.2) is 4.79 Å². The van der Waals surface area contributed by atoms with Crippen molar-refractivity contribution in [3.8, 4) is 0 Å². The number of thiophene rings is 1. The molecule has 2 aliphatic heterocycles. The number of fused-ring (bicyclic) bond motifs is 1. The predicted molar refractivity (Wildman–Crippen MR) is 120 cm³/mol. The minimum atomic E-state index is -0.615. The normalized spacial score (nSPS) is 17.9. The second-order valence-corrected chi connectivity index (χ2v) is 9.45. The van der Waals surface area contributed by atoms with E-state index >= 15 is 0 Å². The highest BCUT2D eigenvalue weighted by atomic mass is 35.5. The lowest BCUT2D eigenvalue weighted by Crippen LogP contribution is -2.52. The van der Waals surface area contributed by atoms with Crippen LogP contribution in [0.15, 0.2) is 24.3 Å². The minimum Gasteiger partial charge on any atom is -0.338 e. The summed E-state index contributed by atoms with van der Waals surface area (Å²) in [4.78, 5) is 51.2. The largest absolute Gasteiger partial charge is 0.338 e. The number of carbonyl (C=O) groups is 4. The molecule has 5 amide bonds. The summed E-state index contributed by atoms with van der Waals surface area (Å²) in [5.74, 6) is -0.926. The summed E-state index contributed by atoms with van der Waals surface area (Å²) < 4.78 is 0. The van der Waals surface area contributed by atoms with Crippen molar-refractivity contribution in [3.05, 3.63) is 55.7 Å². The SMILES string of the molecule is Cc1ccc(CCNC(=O)NCc2cc3c(s2)C(=O)N(C2CCC(=O)NC2=O)C3)cc1Cl. The Labute approximate surface area is 194 Å². The van der Waals surface area contributed by atoms with Crippen molar-refractivity contribution in [2.45, 2.75) is 45.3 Å². The van der Waals surface area contributed by atoms with E-state index in [4.69, 9.17) is 11.6 Å². The highest BCUT2D eigenvalue weighted by Gasteiger charge is 2.40. The van der Waals surface area contributed by atoms with Crippen LogP contribution in [0, 0.1) is 6.92 Å². The molecule has 0 aliphatic carbocycles. The van der Waals surface area contributed by atoms with Crippen LogP contribution in [-0.2, 0) is 29.1 Å². The van der Waals surface area contributed by atoms with Gasteiger partial charge in [0.1, 0.15) is 6.04 Å². The molecule has 0 saturated carbocycles. The monoisotopic (exact) mass is 474 g/mol. The van der Waals surface area contributed by atoms with Crippen LogP contribution in [-0.4, -0.2) is 41.2 Å². The lowest BCUT2D eigenvalue weighted by Gasteiger charge is -2.29. The molecule has 1 aromatic heterocycles. The summed E-state index contributed by atoms with van der Waals surface area (Å²) in [5.41, 5.74) is 2.91. The third-order valence-corrected chi connectivity index (χ3v) is 7.17. The Morgan fingerprint density at radius 2 is 2.06 bits per heavy atom. The number of amides is 5. The van der Waals surface area contributed by atoms with Gasteiger partial charge in [0.15, 0.2) is 0 Å². The van der Waals surface area contributed by atoms with Crippen molar-refractivity contribution in [1.29, 1.82) is 0 Å². The van der Waals surface area contributed by atoms with Gasteiger partial charge in [0.25, 0.3) is 5.91 Å². The van der Waals surface area contributed by atoms with Crippen molar-refractivity contribution in [2.24, 2.45) is 0 Å². The van der Waals surface area contributed by atoms with E-state index in [9.17, 15) is 19.2 Å². The average Bonchev–Trinajstić information content (AvgIpc) is 3.28. The number of hydrogen-bond acceptors (Lipinski definition) is 5. The number of urea groups is 1. The summed E-state index contributed by atoms with van der Waals surface area (Å²) in [7, 11) is 0. The number of rotatable bonds is 6. The summed E-state index contributed by atoms with van der Waals surface area (Å²) in [6.07, 6.45) is 1.25. The molecule has 1 unspecified atom stereocenters. The summed E-state index contributed by atoms with van der Waals surface area (Å²) >= 11 is 7.44. The van der Waals surface area contributed by atoms with Crippen LogP contribution in [0.5, 0.6) is 0 Å². The van der Waals surface area contributed by atoms with E-state index in [2.05, 4.69) is 16.0 Å². The van der Waals surface area contributed by atoms with E-state index in [1.165, 1.54) is 16.2 Å². The highest BCUT2D eigenvalue weighted by molar-refractivity contribution is 7.14. The Bertz CT molecular complexity index is 1100. The Hall–Kier alpha value is -2.91. The van der Waals surface area contributed by atoms with Crippen LogP contribution in [0.2, 0.25) is 5.02 Å². The molecule has 4 rings (SSSR count). The van der Waals surface area contributed by atoms with Gasteiger partial charge in [-0.15, -0.1) is 11.3 Å². The van der Waals surface area contributed by atoms with E-state index < -0.39 is 11.9 Å². The Balaban J connectivity index is 1.25. The first-order valence-electron chi connectivity index (χ1n) is 10.3. The van der Waals surface area contributed by atoms with Crippen LogP contribution < -0.4 is 16.0 Å². The molecule has 3 N–H and O–H groups in total. The zero-order chi connectivity index (χ0) is 22.8. The molecule has 1 aromatic carbocycles. The lowest BCUT2D eigenvalue weighted by atomic mass is 10.0. The number of imide groups is 1. The van der Waals surface area contributed by atoms with Crippen LogP contribution in [0.4, 0.5) is 4.79 Å². The number of halogens is 1. The second kappa shape index (κ2) is 9.30. The van der Waals surface area contributed by atoms with Gasteiger partial charge in [-0.05, 0) is 48.6 Å². The van der Waals surface area contributed by atoms with Crippen molar-refractivity contribution in [1.82, 2.24) is 20.9 Å². The summed E-state index contributed by atoms with van der Waals surface area (Å²) in [6.45, 7) is 3.07. The zero-order valence-electron chi connectivity index (χ0n) is 17.5. The minimum absolute atomic E-state index is 0.202. The van der Waals surface area contributed by atoms with E-state index in [-0.39, 0.29) is 24.3 Å². The third kappa shape index (κ3) is 4.78. The molecule has 1 saturated heterocycles. The van der Waals surface area contributed by atoms with E-state index in [1.54, 1.807) is 0 Å². The van der Waals surface area contributed by atoms with Gasteiger partial charge in [-0.3, -0.25) is 19.7 Å². The van der Waals surface area contributed by atoms with Crippen LogP contribution >= 0.6 is 22.9 Å². The predicted octanol–water partition coefficient (Wildman–Crippen LogP) is 2.51. The van der Waals surface area contributed by atoms with Crippen molar-refractivity contribution < 1.29 is 19.2 Å². The summed E-state index contributed by atoms with van der Waals surface area (Å²) in [5, 5.41) is 8.62. The Kier molecular flexibility index (Phi) is 6.48. The smallest absolute Gasteiger partial charge is 0.315 e. The van der Waals surface area contributed by atoms with Gasteiger partial charge in [-0.1, -0.05) is 23.7 Å². The molecule has 1 atom stereocenters. The number of hydrogen-bond donors (Lipinski definition) is 3. The zero-order valence-corrected chi connectivity index (χ0v) is 19.1. The first-order valence-corrected chi connectivity index (χ1v) is 11.5. The topological polar surface area (TPSA) is 108 Å². The van der Waals surface area contributed by atoms with Crippen molar-refractivity contribution in [2.75, 3.05) is 6.54 Å². The molecular weight excluding hydrogens is 452 g/mol. The maximum atomic E-state index is 12.8. The second-order valence-electron chi connectivity index (χ2n) is 7.91. The quantitative estimate of drug-likeness (QED) is 0.559. The number of aryl methyl sites for hydroxylation is 1. The molecule has 0 bridgehead atoms. The number of piperidine rings is 1. The molecule has 0 spiro atoms. The fourth-order valence-electron chi connectivity index (χ4n) is 3.83. The fourth-order valence-corrected chi connectivity index (χ4v) is 5.10. The molecule has 0 radical (unpaired) electrons. The molecule has 3 heterocycles. The third-order valence-electron chi connectivity index (χ3n) is 5.60. The van der Waals surface area contributed by atoms with E-state index in [0.29, 0.717) is 42.4 Å². The average molecular weight is 475 g/mol. The molecule has 8 nitrogen and oxygen atoms in total. The van der Waals surface area contributed by atoms with E-state index in [1.807, 2.05) is 31.2 Å². The molecule has 2 aliphatic rings. The van der Waals surface area contributed by atoms with Gasteiger partial charge in [0.2, 0.25) is 11.8 Å². The first kappa shape index (κ1) is 22.3. The van der Waals surface area contributed by atoms with Crippen LogP contribution in [0.3, 0.4) is 0 Å². The van der Waals surface area contributed by atoms with E-state index in [0.717, 1.165) is 21.6 Å². The van der Waals surface area contributed by atoms with Crippen molar-refractivity contribution >= 4 is 46.7 Å². The van der Waals surface area contributed by atoms with Crippen LogP contribution in [0.1, 0.15) is 44.1 Å². The van der Waals surface area contributed by atoms with Gasteiger partial charge in [0, 0.05) is 29.4 Å². The Morgan fingerprint density at radius 1 is 1.25 bits per heavy atom. The number of benzene rings is 1. The fraction of sp³-hybridized carbons (Fsp3) is 0.364. The molecule has 168 valence electrons. The lowest BCUT2D eigenvalue weighted by molar-refractivity contribution is -0.136. The Morgan fingerprint density at radius 3 is 2.78 bits per heavy atom. The number of nitrogens with one attached hydrogen (secondary N) is 3. The van der Waals surface area contributed by atoms with Crippen molar-refractivity contribution in [3.63, 3.8) is 0 Å². The standard InChI is InChI=1S/C22H23ClN4O4S/c1-12-2-3-13(8-16(12)23)6-7-24-22(31)25-10-15-9-14-11-27(21(30)19(14)32-15)17-4-5-18(28)26-20(17)29/h2-3,8-9,17H,4-7,10-11H2,1H3,(H2,24,25,31)(H,26,28,29). The summed E-state index contributed by atoms with van der Waals surface area (Å²) in [6, 6.07) is 6.83. The van der Waals surface area contributed by atoms with Gasteiger partial charge in [-0.2, -0.15) is 0 Å². The molecule has 10 heteroatoms.